The van der Waals surface area contributed by atoms with Gasteiger partial charge in [-0.3, -0.25) is 0 Å². The Balaban J connectivity index is -0.000000405. The van der Waals surface area contributed by atoms with Crippen LogP contribution in [0, 0.1) is 0 Å². The molecule has 0 saturated carbocycles. The summed E-state index contributed by atoms with van der Waals surface area (Å²) in [4.78, 5) is 19.6. The molecule has 12 heavy (non-hydrogen) atoms. The first-order valence-corrected chi connectivity index (χ1v) is 2.70. The molecule has 58 valence electrons. The average molecular weight is 305 g/mol. The Hall–Kier alpha value is 1.47. The first-order valence-electron chi connectivity index (χ1n) is 2.70. The molecule has 0 spiro atoms. The van der Waals surface area contributed by atoms with Gasteiger partial charge in [0, 0.05) is 12.0 Å². The second-order valence-corrected chi connectivity index (χ2v) is 1.84. The predicted octanol–water partition coefficient (Wildman–Crippen LogP) is -6.78. The third kappa shape index (κ3) is 11.5. The Morgan fingerprint density at radius 1 is 1.33 bits per heavy atom. The van der Waals surface area contributed by atoms with E-state index in [2.05, 4.69) is 0 Å². The van der Waals surface area contributed by atoms with Crippen LogP contribution in [0.2, 0.25) is 0 Å². The van der Waals surface area contributed by atoms with Crippen molar-refractivity contribution in [3.8, 4) is 0 Å². The molecule has 0 amide bonds. The normalized spacial score (nSPS) is 10.4. The fourth-order valence-corrected chi connectivity index (χ4v) is 0.391. The predicted molar refractivity (Wildman–Crippen MR) is 33.0 cm³/mol. The van der Waals surface area contributed by atoms with Crippen LogP contribution in [0.15, 0.2) is 0 Å². The monoisotopic (exact) mass is 306 g/mol. The maximum absolute atomic E-state index is 9.86. The third-order valence-electron chi connectivity index (χ3n) is 0.962. The molecule has 0 aromatic rings. The zero-order valence-corrected chi connectivity index (χ0v) is 13.3. The van der Waals surface area contributed by atoms with E-state index in [0.29, 0.717) is 0 Å². The summed E-state index contributed by atoms with van der Waals surface area (Å²) in [5.74, 6) is -2.75. The number of nitrogens with two attached hydrogens (primary N) is 1. The molecular formula is C5H7BaNNaO4+. The van der Waals surface area contributed by atoms with Crippen LogP contribution in [0.5, 0.6) is 0 Å². The van der Waals surface area contributed by atoms with Crippen LogP contribution < -0.4 is 45.5 Å². The van der Waals surface area contributed by atoms with Crippen LogP contribution in [0.3, 0.4) is 0 Å². The Morgan fingerprint density at radius 2 is 1.75 bits per heavy atom. The van der Waals surface area contributed by atoms with E-state index in [9.17, 15) is 19.8 Å². The van der Waals surface area contributed by atoms with Crippen LogP contribution in [0.25, 0.3) is 0 Å². The summed E-state index contributed by atoms with van der Waals surface area (Å²) < 4.78 is 0. The van der Waals surface area contributed by atoms with Crippen molar-refractivity contribution in [2.45, 2.75) is 18.9 Å². The summed E-state index contributed by atoms with van der Waals surface area (Å²) in [5, 5.41) is 19.6. The first-order chi connectivity index (χ1) is 4.54. The largest absolute Gasteiger partial charge is 2.00 e. The molecule has 0 heterocycles. The first kappa shape index (κ1) is 19.1. The second kappa shape index (κ2) is 10.6. The Bertz CT molecular complexity index is 154. The van der Waals surface area contributed by atoms with E-state index < -0.39 is 18.0 Å². The molecular weight excluding hydrogens is 298 g/mol. The van der Waals surface area contributed by atoms with Crippen molar-refractivity contribution in [2.24, 2.45) is 5.73 Å². The van der Waals surface area contributed by atoms with Gasteiger partial charge in [-0.2, -0.15) is 0 Å². The summed E-state index contributed by atoms with van der Waals surface area (Å²) in [5.41, 5.74) is 4.91. The molecule has 0 rings (SSSR count). The van der Waals surface area contributed by atoms with Gasteiger partial charge in [-0.05, 0) is 12.8 Å². The molecule has 2 N–H and O–H groups in total. The van der Waals surface area contributed by atoms with Crippen LogP contribution >= 0.6 is 0 Å². The molecule has 0 saturated heterocycles. The summed E-state index contributed by atoms with van der Waals surface area (Å²) in [6.07, 6.45) is -0.500. The Kier molecular flexibility index (Phi) is 16.8. The summed E-state index contributed by atoms with van der Waals surface area (Å²) >= 11 is 0. The Labute approximate surface area is 132 Å². The van der Waals surface area contributed by atoms with Crippen molar-refractivity contribution in [3.05, 3.63) is 0 Å². The van der Waals surface area contributed by atoms with Crippen LogP contribution in [0.4, 0.5) is 0 Å². The number of carbonyl (C=O) groups excluding carboxylic acids is 2. The minimum atomic E-state index is -1.44. The van der Waals surface area contributed by atoms with Gasteiger partial charge in [0.25, 0.3) is 0 Å². The van der Waals surface area contributed by atoms with E-state index in [1.54, 1.807) is 0 Å². The minimum Gasteiger partial charge on any atom is -0.550 e. The molecule has 0 aromatic heterocycles. The fourth-order valence-electron chi connectivity index (χ4n) is 0.391. The van der Waals surface area contributed by atoms with Gasteiger partial charge in [-0.15, -0.1) is 0 Å². The fraction of sp³-hybridized carbons (Fsp3) is 0.600. The minimum absolute atomic E-state index is 0. The van der Waals surface area contributed by atoms with Crippen LogP contribution in [-0.2, 0) is 9.59 Å². The van der Waals surface area contributed by atoms with Crippen LogP contribution in [-0.4, -0.2) is 66.9 Å². The second-order valence-electron chi connectivity index (χ2n) is 1.84. The number of hydrogen-bond donors (Lipinski definition) is 1. The van der Waals surface area contributed by atoms with Gasteiger partial charge in [0.1, 0.15) is 0 Å². The number of aliphatic carboxylic acids is 2. The summed E-state index contributed by atoms with van der Waals surface area (Å²) in [7, 11) is 0. The molecule has 1 atom stereocenters. The zero-order chi connectivity index (χ0) is 8.15. The molecule has 5 nitrogen and oxygen atoms in total. The molecule has 0 radical (unpaired) electrons. The van der Waals surface area contributed by atoms with Crippen LogP contribution in [0.1, 0.15) is 12.8 Å². The smallest absolute Gasteiger partial charge is 0.550 e. The van der Waals surface area contributed by atoms with Gasteiger partial charge >= 0.3 is 78.4 Å². The van der Waals surface area contributed by atoms with Gasteiger partial charge in [0.15, 0.2) is 0 Å². The molecule has 0 aromatic carbocycles. The van der Waals surface area contributed by atoms with Gasteiger partial charge in [0.2, 0.25) is 0 Å². The van der Waals surface area contributed by atoms with E-state index in [4.69, 9.17) is 5.73 Å². The zero-order valence-electron chi connectivity index (χ0n) is 6.91. The van der Waals surface area contributed by atoms with E-state index in [0.717, 1.165) is 0 Å². The van der Waals surface area contributed by atoms with Crippen molar-refractivity contribution >= 4 is 60.8 Å². The summed E-state index contributed by atoms with van der Waals surface area (Å²) in [6, 6.07) is -1.21. The van der Waals surface area contributed by atoms with Gasteiger partial charge < -0.3 is 25.5 Å². The van der Waals surface area contributed by atoms with E-state index in [-0.39, 0.29) is 91.3 Å². The van der Waals surface area contributed by atoms with Crippen molar-refractivity contribution in [1.29, 1.82) is 0 Å². The number of carboxylic acids is 2. The topological polar surface area (TPSA) is 106 Å². The van der Waals surface area contributed by atoms with Crippen molar-refractivity contribution in [3.63, 3.8) is 0 Å². The SMILES string of the molecule is N[C@@H](CCC(=O)[O-])C(=O)[O-].[Ba+2].[Na+]. The molecule has 0 aliphatic heterocycles. The van der Waals surface area contributed by atoms with Gasteiger partial charge in [-0.1, -0.05) is 0 Å². The number of carboxylic acid groups (broad SMARTS) is 2. The van der Waals surface area contributed by atoms with Crippen molar-refractivity contribution < 1.29 is 49.4 Å². The maximum Gasteiger partial charge on any atom is 2.00 e. The number of hydrogen-bond acceptors (Lipinski definition) is 5. The number of rotatable bonds is 4. The molecule has 0 fully saturated rings. The molecule has 7 heteroatoms. The van der Waals surface area contributed by atoms with Gasteiger partial charge in [-0.25, -0.2) is 0 Å². The van der Waals surface area contributed by atoms with E-state index in [1.165, 1.54) is 0 Å². The molecule has 0 unspecified atom stereocenters. The van der Waals surface area contributed by atoms with Crippen molar-refractivity contribution in [2.75, 3.05) is 0 Å². The standard InChI is InChI=1S/C5H9NO4.Ba.Na/c6-3(5(9)10)1-2-4(7)8;;/h3H,1-2,6H2,(H,7,8)(H,9,10);;/q;+2;+1/p-2/t3-;;/m0../s1. The Morgan fingerprint density at radius 3 is 2.00 bits per heavy atom. The quantitative estimate of drug-likeness (QED) is 0.520. The maximum atomic E-state index is 9.86. The number of carbonyl (C=O) groups is 2. The summed E-state index contributed by atoms with van der Waals surface area (Å²) in [6.45, 7) is 0. The molecule has 0 bridgehead atoms. The van der Waals surface area contributed by atoms with Crippen molar-refractivity contribution in [1.82, 2.24) is 0 Å². The molecule has 0 aliphatic rings. The van der Waals surface area contributed by atoms with Gasteiger partial charge in [0.05, 0.1) is 5.97 Å². The molecule has 0 aliphatic carbocycles. The average Bonchev–Trinajstić information content (AvgIpc) is 1.82. The third-order valence-corrected chi connectivity index (χ3v) is 0.962. The van der Waals surface area contributed by atoms with E-state index >= 15 is 0 Å². The van der Waals surface area contributed by atoms with E-state index in [1.807, 2.05) is 0 Å².